The molecule has 0 bridgehead atoms. The molecule has 0 saturated heterocycles. The number of carboxylic acids is 1. The van der Waals surface area contributed by atoms with Crippen LogP contribution >= 0.6 is 11.8 Å². The predicted molar refractivity (Wildman–Crippen MR) is 51.6 cm³/mol. The van der Waals surface area contributed by atoms with Gasteiger partial charge in [0.25, 0.3) is 0 Å². The van der Waals surface area contributed by atoms with Gasteiger partial charge in [0.1, 0.15) is 0 Å². The van der Waals surface area contributed by atoms with E-state index in [1.54, 1.807) is 6.92 Å². The van der Waals surface area contributed by atoms with Crippen LogP contribution in [-0.2, 0) is 9.59 Å². The van der Waals surface area contributed by atoms with Crippen LogP contribution in [0.3, 0.4) is 0 Å². The van der Waals surface area contributed by atoms with E-state index in [-0.39, 0.29) is 5.75 Å². The minimum Gasteiger partial charge on any atom is -0.548 e. The number of amides is 1. The summed E-state index contributed by atoms with van der Waals surface area (Å²) in [6.07, 6.45) is -0.486. The average Bonchev–Trinajstić information content (AvgIpc) is 2.00. The first kappa shape index (κ1) is 13.2. The highest BCUT2D eigenvalue weighted by molar-refractivity contribution is 7.99. The van der Waals surface area contributed by atoms with E-state index in [0.717, 1.165) is 0 Å². The van der Waals surface area contributed by atoms with Gasteiger partial charge in [0.15, 0.2) is 0 Å². The second-order valence-corrected chi connectivity index (χ2v) is 4.03. The molecule has 2 atom stereocenters. The van der Waals surface area contributed by atoms with Crippen molar-refractivity contribution in [3.8, 4) is 0 Å². The molecule has 0 aromatic heterocycles. The van der Waals surface area contributed by atoms with Crippen LogP contribution in [0.4, 0.5) is 0 Å². The molecular weight excluding hydrogens is 206 g/mol. The second kappa shape index (κ2) is 6.67. The van der Waals surface area contributed by atoms with Crippen LogP contribution < -0.4 is 10.4 Å². The molecular formula is C8H14NO4S-. The van der Waals surface area contributed by atoms with Crippen molar-refractivity contribution in [2.24, 2.45) is 0 Å². The summed E-state index contributed by atoms with van der Waals surface area (Å²) in [6, 6.07) is -0.990. The third-order valence-electron chi connectivity index (χ3n) is 1.31. The van der Waals surface area contributed by atoms with Crippen LogP contribution in [0.5, 0.6) is 0 Å². The SMILES string of the molecule is CC(=O)NC(CSCC(C)O)C(=O)[O-]. The Hall–Kier alpha value is -0.750. The van der Waals surface area contributed by atoms with Crippen LogP contribution in [0.15, 0.2) is 0 Å². The molecule has 2 N–H and O–H groups in total. The predicted octanol–water partition coefficient (Wildman–Crippen LogP) is -1.64. The van der Waals surface area contributed by atoms with Gasteiger partial charge in [-0.2, -0.15) is 11.8 Å². The molecule has 5 nitrogen and oxygen atoms in total. The van der Waals surface area contributed by atoms with E-state index in [9.17, 15) is 14.7 Å². The minimum atomic E-state index is -1.31. The first-order valence-electron chi connectivity index (χ1n) is 4.17. The van der Waals surface area contributed by atoms with Gasteiger partial charge >= 0.3 is 0 Å². The van der Waals surface area contributed by atoms with Crippen LogP contribution in [-0.4, -0.2) is 40.6 Å². The highest BCUT2D eigenvalue weighted by Crippen LogP contribution is 2.04. The third-order valence-corrected chi connectivity index (χ3v) is 2.59. The molecule has 0 rings (SSSR count). The van der Waals surface area contributed by atoms with Gasteiger partial charge in [0.2, 0.25) is 5.91 Å². The molecule has 0 radical (unpaired) electrons. The Bertz CT molecular complexity index is 208. The van der Waals surface area contributed by atoms with Crippen molar-refractivity contribution in [1.29, 1.82) is 0 Å². The molecule has 0 heterocycles. The van der Waals surface area contributed by atoms with E-state index >= 15 is 0 Å². The lowest BCUT2D eigenvalue weighted by Gasteiger charge is -2.18. The largest absolute Gasteiger partial charge is 0.548 e. The van der Waals surface area contributed by atoms with Crippen molar-refractivity contribution >= 4 is 23.6 Å². The lowest BCUT2D eigenvalue weighted by atomic mass is 10.3. The second-order valence-electron chi connectivity index (χ2n) is 2.96. The average molecular weight is 220 g/mol. The van der Waals surface area contributed by atoms with E-state index in [2.05, 4.69) is 5.32 Å². The van der Waals surface area contributed by atoms with Gasteiger partial charge in [0, 0.05) is 18.4 Å². The molecule has 82 valence electrons. The zero-order valence-electron chi connectivity index (χ0n) is 8.15. The number of aliphatic hydroxyl groups excluding tert-OH is 1. The summed E-state index contributed by atoms with van der Waals surface area (Å²) >= 11 is 1.25. The van der Waals surface area contributed by atoms with Crippen LogP contribution in [0.2, 0.25) is 0 Å². The fourth-order valence-electron chi connectivity index (χ4n) is 0.770. The Morgan fingerprint density at radius 1 is 1.50 bits per heavy atom. The first-order valence-corrected chi connectivity index (χ1v) is 5.32. The summed E-state index contributed by atoms with van der Waals surface area (Å²) in [5.74, 6) is -1.08. The quantitative estimate of drug-likeness (QED) is 0.560. The molecule has 0 aliphatic rings. The van der Waals surface area contributed by atoms with E-state index in [0.29, 0.717) is 5.75 Å². The molecule has 1 amide bonds. The van der Waals surface area contributed by atoms with Gasteiger partial charge in [-0.3, -0.25) is 4.79 Å². The number of aliphatic hydroxyl groups is 1. The smallest absolute Gasteiger partial charge is 0.217 e. The van der Waals surface area contributed by atoms with Crippen molar-refractivity contribution < 1.29 is 19.8 Å². The van der Waals surface area contributed by atoms with Crippen molar-refractivity contribution in [3.05, 3.63) is 0 Å². The molecule has 0 aromatic carbocycles. The van der Waals surface area contributed by atoms with Crippen molar-refractivity contribution in [2.45, 2.75) is 26.0 Å². The van der Waals surface area contributed by atoms with E-state index in [1.165, 1.54) is 18.7 Å². The number of carbonyl (C=O) groups is 2. The van der Waals surface area contributed by atoms with Crippen molar-refractivity contribution in [2.75, 3.05) is 11.5 Å². The topological polar surface area (TPSA) is 89.5 Å². The molecule has 0 aromatic rings. The number of thioether (sulfide) groups is 1. The summed E-state index contributed by atoms with van der Waals surface area (Å²) in [5.41, 5.74) is 0. The number of hydrogen-bond donors (Lipinski definition) is 2. The first-order chi connectivity index (χ1) is 6.43. The Morgan fingerprint density at radius 2 is 2.07 bits per heavy atom. The Kier molecular flexibility index (Phi) is 6.31. The summed E-state index contributed by atoms with van der Waals surface area (Å²) in [5, 5.41) is 21.7. The fraction of sp³-hybridized carbons (Fsp3) is 0.750. The van der Waals surface area contributed by atoms with Gasteiger partial charge in [-0.15, -0.1) is 0 Å². The lowest BCUT2D eigenvalue weighted by molar-refractivity contribution is -0.307. The van der Waals surface area contributed by atoms with E-state index < -0.39 is 24.0 Å². The zero-order chi connectivity index (χ0) is 11.1. The number of nitrogens with one attached hydrogen (secondary N) is 1. The zero-order valence-corrected chi connectivity index (χ0v) is 8.97. The highest BCUT2D eigenvalue weighted by Gasteiger charge is 2.11. The normalized spacial score (nSPS) is 14.5. The Balaban J connectivity index is 3.86. The Labute approximate surface area is 86.9 Å². The highest BCUT2D eigenvalue weighted by atomic mass is 32.2. The number of carbonyl (C=O) groups excluding carboxylic acids is 2. The van der Waals surface area contributed by atoms with Gasteiger partial charge in [-0.05, 0) is 6.92 Å². The number of carboxylic acid groups (broad SMARTS) is 1. The summed E-state index contributed by atoms with van der Waals surface area (Å²) in [7, 11) is 0. The molecule has 0 spiro atoms. The summed E-state index contributed by atoms with van der Waals surface area (Å²) in [6.45, 7) is 2.86. The van der Waals surface area contributed by atoms with Crippen molar-refractivity contribution in [1.82, 2.24) is 5.32 Å². The molecule has 6 heteroatoms. The lowest BCUT2D eigenvalue weighted by Crippen LogP contribution is -2.48. The molecule has 2 unspecified atom stereocenters. The summed E-state index contributed by atoms with van der Waals surface area (Å²) < 4.78 is 0. The maximum Gasteiger partial charge on any atom is 0.217 e. The maximum absolute atomic E-state index is 10.6. The van der Waals surface area contributed by atoms with Gasteiger partial charge in [0.05, 0.1) is 18.1 Å². The number of hydrogen-bond acceptors (Lipinski definition) is 5. The summed E-state index contributed by atoms with van der Waals surface area (Å²) in [4.78, 5) is 21.1. The standard InChI is InChI=1S/C8H15NO4S/c1-5(10)3-14-4-7(8(12)13)9-6(2)11/h5,7,10H,3-4H2,1-2H3,(H,9,11)(H,12,13)/p-1. The van der Waals surface area contributed by atoms with Crippen LogP contribution in [0, 0.1) is 0 Å². The number of rotatable bonds is 6. The van der Waals surface area contributed by atoms with E-state index in [1.807, 2.05) is 0 Å². The molecule has 0 fully saturated rings. The maximum atomic E-state index is 10.6. The molecule has 14 heavy (non-hydrogen) atoms. The van der Waals surface area contributed by atoms with Gasteiger partial charge in [-0.25, -0.2) is 0 Å². The van der Waals surface area contributed by atoms with E-state index in [4.69, 9.17) is 5.11 Å². The third kappa shape index (κ3) is 6.73. The van der Waals surface area contributed by atoms with Crippen LogP contribution in [0.1, 0.15) is 13.8 Å². The minimum absolute atomic E-state index is 0.201. The molecule has 0 saturated carbocycles. The molecule has 0 aliphatic heterocycles. The van der Waals surface area contributed by atoms with Crippen molar-refractivity contribution in [3.63, 3.8) is 0 Å². The van der Waals surface area contributed by atoms with Gasteiger partial charge in [-0.1, -0.05) is 0 Å². The van der Waals surface area contributed by atoms with Gasteiger partial charge < -0.3 is 20.3 Å². The monoisotopic (exact) mass is 220 g/mol. The van der Waals surface area contributed by atoms with Crippen LogP contribution in [0.25, 0.3) is 0 Å². The fourth-order valence-corrected chi connectivity index (χ4v) is 1.70. The molecule has 0 aliphatic carbocycles. The Morgan fingerprint density at radius 3 is 2.43 bits per heavy atom. The number of aliphatic carboxylic acids is 1.